The molecule has 0 aliphatic rings. The zero-order valence-corrected chi connectivity index (χ0v) is 14.2. The fraction of sp³-hybridized carbons (Fsp3) is 0.941. The van der Waals surface area contributed by atoms with Gasteiger partial charge in [0.15, 0.2) is 0 Å². The molecule has 5 heteroatoms. The molecular weight excluding hydrogens is 282 g/mol. The third kappa shape index (κ3) is 16.9. The van der Waals surface area contributed by atoms with E-state index in [1.165, 1.54) is 58.5 Å². The Morgan fingerprint density at radius 2 is 1.14 bits per heavy atom. The molecule has 0 saturated carbocycles. The molecule has 0 aliphatic carbocycles. The smallest absolute Gasteiger partial charge is 0.305 e. The molecule has 0 saturated heterocycles. The minimum absolute atomic E-state index is 0.0987. The fourth-order valence-electron chi connectivity index (χ4n) is 2.56. The molecule has 0 amide bonds. The molecule has 0 aliphatic heterocycles. The zero-order chi connectivity index (χ0) is 16.5. The summed E-state index contributed by atoms with van der Waals surface area (Å²) < 4.78 is 4.61. The van der Waals surface area contributed by atoms with Crippen LogP contribution in [0.5, 0.6) is 0 Å². The largest absolute Gasteiger partial charge is 0.469 e. The van der Waals surface area contributed by atoms with Crippen molar-refractivity contribution < 1.29 is 14.5 Å². The lowest BCUT2D eigenvalue weighted by atomic mass is 10.0. The molecule has 0 rings (SSSR count). The predicted octanol–water partition coefficient (Wildman–Crippen LogP) is 4.90. The lowest BCUT2D eigenvalue weighted by molar-refractivity contribution is -0.480. The van der Waals surface area contributed by atoms with Crippen LogP contribution in [0.15, 0.2) is 0 Å². The number of unbranched alkanes of at least 4 members (excludes halogenated alkanes) is 12. The number of carbonyl (C=O) groups is 1. The summed E-state index contributed by atoms with van der Waals surface area (Å²) in [6.07, 6.45) is 15.6. The summed E-state index contributed by atoms with van der Waals surface area (Å²) in [6, 6.07) is 0. The predicted molar refractivity (Wildman–Crippen MR) is 88.5 cm³/mol. The molecule has 0 aromatic carbocycles. The van der Waals surface area contributed by atoms with Gasteiger partial charge in [0, 0.05) is 17.8 Å². The van der Waals surface area contributed by atoms with E-state index in [0.717, 1.165) is 32.1 Å². The van der Waals surface area contributed by atoms with Gasteiger partial charge in [0.05, 0.1) is 7.11 Å². The molecule has 5 nitrogen and oxygen atoms in total. The molecule has 0 bridgehead atoms. The van der Waals surface area contributed by atoms with Gasteiger partial charge in [0.1, 0.15) is 0 Å². The summed E-state index contributed by atoms with van der Waals surface area (Å²) in [5, 5.41) is 10.1. The van der Waals surface area contributed by atoms with Gasteiger partial charge < -0.3 is 4.74 Å². The van der Waals surface area contributed by atoms with Crippen LogP contribution in [0.3, 0.4) is 0 Å². The normalized spacial score (nSPS) is 10.6. The molecule has 0 fully saturated rings. The summed E-state index contributed by atoms with van der Waals surface area (Å²) in [5.74, 6) is -0.0987. The molecule has 0 N–H and O–H groups in total. The maximum Gasteiger partial charge on any atom is 0.305 e. The van der Waals surface area contributed by atoms with Crippen molar-refractivity contribution in [2.75, 3.05) is 13.7 Å². The Morgan fingerprint density at radius 3 is 1.50 bits per heavy atom. The molecule has 0 spiro atoms. The van der Waals surface area contributed by atoms with Crippen LogP contribution in [0, 0.1) is 10.1 Å². The monoisotopic (exact) mass is 315 g/mol. The van der Waals surface area contributed by atoms with Crippen LogP contribution in [-0.2, 0) is 9.53 Å². The molecule has 0 atom stereocenters. The van der Waals surface area contributed by atoms with Crippen LogP contribution >= 0.6 is 0 Å². The molecular formula is C17H33NO4. The van der Waals surface area contributed by atoms with Crippen molar-refractivity contribution in [1.82, 2.24) is 0 Å². The second-order valence-corrected chi connectivity index (χ2v) is 5.98. The van der Waals surface area contributed by atoms with Crippen LogP contribution < -0.4 is 0 Å². The number of methoxy groups -OCH3 is 1. The summed E-state index contributed by atoms with van der Waals surface area (Å²) in [6.45, 7) is 0.125. The number of ether oxygens (including phenoxy) is 1. The highest BCUT2D eigenvalue weighted by atomic mass is 16.6. The first-order chi connectivity index (χ1) is 10.7. The first-order valence-electron chi connectivity index (χ1n) is 8.85. The molecule has 0 unspecified atom stereocenters. The van der Waals surface area contributed by atoms with Crippen molar-refractivity contribution in [1.29, 1.82) is 0 Å². The Hall–Kier alpha value is -1.13. The Labute approximate surface area is 135 Å². The Morgan fingerprint density at radius 1 is 0.773 bits per heavy atom. The van der Waals surface area contributed by atoms with E-state index < -0.39 is 0 Å². The van der Waals surface area contributed by atoms with Crippen molar-refractivity contribution in [3.8, 4) is 0 Å². The van der Waals surface area contributed by atoms with E-state index >= 15 is 0 Å². The number of hydrogen-bond donors (Lipinski definition) is 0. The van der Waals surface area contributed by atoms with Crippen molar-refractivity contribution in [2.24, 2.45) is 0 Å². The minimum Gasteiger partial charge on any atom is -0.469 e. The van der Waals surface area contributed by atoms with Crippen LogP contribution in [0.2, 0.25) is 0 Å². The van der Waals surface area contributed by atoms with E-state index in [9.17, 15) is 14.9 Å². The van der Waals surface area contributed by atoms with Gasteiger partial charge in [-0.15, -0.1) is 0 Å². The van der Waals surface area contributed by atoms with E-state index in [4.69, 9.17) is 0 Å². The molecule has 22 heavy (non-hydrogen) atoms. The average Bonchev–Trinajstić information content (AvgIpc) is 2.50. The Balaban J connectivity index is 3.02. The summed E-state index contributed by atoms with van der Waals surface area (Å²) in [7, 11) is 1.44. The summed E-state index contributed by atoms with van der Waals surface area (Å²) >= 11 is 0. The van der Waals surface area contributed by atoms with E-state index in [1.54, 1.807) is 0 Å². The van der Waals surface area contributed by atoms with Gasteiger partial charge in [-0.3, -0.25) is 14.9 Å². The maximum absolute atomic E-state index is 10.9. The van der Waals surface area contributed by atoms with Gasteiger partial charge in [0.2, 0.25) is 6.54 Å². The van der Waals surface area contributed by atoms with Crippen molar-refractivity contribution in [3.63, 3.8) is 0 Å². The van der Waals surface area contributed by atoms with E-state index in [2.05, 4.69) is 4.74 Å². The van der Waals surface area contributed by atoms with E-state index in [0.29, 0.717) is 6.42 Å². The average molecular weight is 315 g/mol. The summed E-state index contributed by atoms with van der Waals surface area (Å²) in [5.41, 5.74) is 0. The summed E-state index contributed by atoms with van der Waals surface area (Å²) in [4.78, 5) is 20.8. The molecule has 0 radical (unpaired) electrons. The van der Waals surface area contributed by atoms with Gasteiger partial charge in [-0.25, -0.2) is 0 Å². The zero-order valence-electron chi connectivity index (χ0n) is 14.2. The Kier molecular flexibility index (Phi) is 15.4. The van der Waals surface area contributed by atoms with Crippen molar-refractivity contribution >= 4 is 5.97 Å². The lowest BCUT2D eigenvalue weighted by Gasteiger charge is -2.03. The SMILES string of the molecule is COC(=O)CCCCCCCCCCCCCCC[N+](=O)[O-]. The van der Waals surface area contributed by atoms with Crippen LogP contribution in [0.25, 0.3) is 0 Å². The number of rotatable bonds is 16. The highest BCUT2D eigenvalue weighted by Gasteiger charge is 1.99. The lowest BCUT2D eigenvalue weighted by Crippen LogP contribution is -1.99. The molecule has 130 valence electrons. The standard InChI is InChI=1S/C17H33NO4/c1-22-17(19)15-13-11-9-7-5-3-2-4-6-8-10-12-14-16-18(20)21/h2-16H2,1H3. The fourth-order valence-corrected chi connectivity index (χ4v) is 2.56. The number of nitrogens with zero attached hydrogens (tertiary/aromatic N) is 1. The first-order valence-corrected chi connectivity index (χ1v) is 8.85. The van der Waals surface area contributed by atoms with Crippen molar-refractivity contribution in [2.45, 2.75) is 89.9 Å². The number of nitro groups is 1. The molecule has 0 aromatic heterocycles. The van der Waals surface area contributed by atoms with Crippen molar-refractivity contribution in [3.05, 3.63) is 10.1 Å². The van der Waals surface area contributed by atoms with Gasteiger partial charge in [-0.2, -0.15) is 0 Å². The van der Waals surface area contributed by atoms with Crippen LogP contribution in [-0.4, -0.2) is 24.5 Å². The maximum atomic E-state index is 10.9. The number of esters is 1. The highest BCUT2D eigenvalue weighted by Crippen LogP contribution is 2.13. The second kappa shape index (κ2) is 16.2. The number of carbonyl (C=O) groups excluding carboxylic acids is 1. The quantitative estimate of drug-likeness (QED) is 0.176. The molecule has 0 heterocycles. The van der Waals surface area contributed by atoms with Gasteiger partial charge in [-0.05, 0) is 12.8 Å². The second-order valence-electron chi connectivity index (χ2n) is 5.98. The van der Waals surface area contributed by atoms with Gasteiger partial charge in [-0.1, -0.05) is 64.2 Å². The molecule has 0 aromatic rings. The first kappa shape index (κ1) is 20.9. The topological polar surface area (TPSA) is 69.4 Å². The van der Waals surface area contributed by atoms with Gasteiger partial charge in [0.25, 0.3) is 0 Å². The van der Waals surface area contributed by atoms with Crippen LogP contribution in [0.1, 0.15) is 89.9 Å². The van der Waals surface area contributed by atoms with E-state index in [-0.39, 0.29) is 17.4 Å². The Bertz CT molecular complexity index is 282. The van der Waals surface area contributed by atoms with Gasteiger partial charge >= 0.3 is 5.97 Å². The minimum atomic E-state index is -0.227. The third-order valence-electron chi connectivity index (χ3n) is 3.95. The van der Waals surface area contributed by atoms with Crippen LogP contribution in [0.4, 0.5) is 0 Å². The number of hydrogen-bond acceptors (Lipinski definition) is 4. The third-order valence-corrected chi connectivity index (χ3v) is 3.95. The highest BCUT2D eigenvalue weighted by molar-refractivity contribution is 5.68. The van der Waals surface area contributed by atoms with E-state index in [1.807, 2.05) is 0 Å².